The number of hydrogen-bond donors (Lipinski definition) is 1. The van der Waals surface area contributed by atoms with Crippen molar-refractivity contribution in [2.75, 3.05) is 0 Å². The van der Waals surface area contributed by atoms with Gasteiger partial charge in [-0.15, -0.1) is 11.3 Å². The smallest absolute Gasteiger partial charge is 0.135 e. The molecular weight excluding hydrogens is 254 g/mol. The Morgan fingerprint density at radius 1 is 1.12 bits per heavy atom. The fraction of sp³-hybridized carbons (Fsp3) is 0. The third-order valence-corrected chi connectivity index (χ3v) is 3.86. The molecule has 2 aromatic heterocycles. The van der Waals surface area contributed by atoms with Crippen molar-refractivity contribution in [1.29, 1.82) is 0 Å². The molecule has 84 valence electrons. The van der Waals surface area contributed by atoms with Crippen LogP contribution in [0.3, 0.4) is 0 Å². The van der Waals surface area contributed by atoms with Gasteiger partial charge in [0.15, 0.2) is 0 Å². The summed E-state index contributed by atoms with van der Waals surface area (Å²) in [6, 6.07) is 11.4. The van der Waals surface area contributed by atoms with E-state index in [0.717, 1.165) is 25.7 Å². The first-order valence-electron chi connectivity index (χ1n) is 5.07. The SMILES string of the molecule is Oc1cnc2cc(-c3ccc(Cl)cc3)sc2c1. The monoisotopic (exact) mass is 261 g/mol. The lowest BCUT2D eigenvalue weighted by molar-refractivity contribution is 0.474. The molecule has 0 aliphatic rings. The molecule has 0 fully saturated rings. The zero-order valence-electron chi connectivity index (χ0n) is 8.72. The van der Waals surface area contributed by atoms with Crippen LogP contribution in [-0.2, 0) is 0 Å². The maximum absolute atomic E-state index is 9.37. The first kappa shape index (κ1) is 10.6. The highest BCUT2D eigenvalue weighted by Crippen LogP contribution is 2.34. The molecule has 1 N–H and O–H groups in total. The molecule has 0 amide bonds. The van der Waals surface area contributed by atoms with E-state index in [1.165, 1.54) is 6.20 Å². The van der Waals surface area contributed by atoms with Gasteiger partial charge in [0, 0.05) is 16.0 Å². The summed E-state index contributed by atoms with van der Waals surface area (Å²) in [5.74, 6) is 0.196. The lowest BCUT2D eigenvalue weighted by Crippen LogP contribution is -1.71. The van der Waals surface area contributed by atoms with E-state index in [-0.39, 0.29) is 5.75 Å². The van der Waals surface area contributed by atoms with Gasteiger partial charge in [-0.05, 0) is 23.8 Å². The molecule has 0 spiro atoms. The van der Waals surface area contributed by atoms with Crippen molar-refractivity contribution in [2.45, 2.75) is 0 Å². The zero-order chi connectivity index (χ0) is 11.8. The summed E-state index contributed by atoms with van der Waals surface area (Å²) >= 11 is 7.46. The van der Waals surface area contributed by atoms with Crippen LogP contribution < -0.4 is 0 Å². The number of nitrogens with zero attached hydrogens (tertiary/aromatic N) is 1. The molecule has 0 saturated carbocycles. The number of pyridine rings is 1. The highest BCUT2D eigenvalue weighted by Gasteiger charge is 2.05. The molecule has 0 atom stereocenters. The van der Waals surface area contributed by atoms with E-state index >= 15 is 0 Å². The van der Waals surface area contributed by atoms with E-state index in [4.69, 9.17) is 11.6 Å². The van der Waals surface area contributed by atoms with Crippen molar-refractivity contribution in [3.05, 3.63) is 47.6 Å². The molecular formula is C13H8ClNOS. The number of aromatic nitrogens is 1. The summed E-state index contributed by atoms with van der Waals surface area (Å²) in [6.07, 6.45) is 1.46. The standard InChI is InChI=1S/C13H8ClNOS/c14-9-3-1-8(2-4-9)12-6-11-13(17-12)5-10(16)7-15-11/h1-7,16H. The van der Waals surface area contributed by atoms with Crippen LogP contribution in [0.4, 0.5) is 0 Å². The number of halogens is 1. The van der Waals surface area contributed by atoms with Gasteiger partial charge < -0.3 is 5.11 Å². The Hall–Kier alpha value is -1.58. The Labute approximate surface area is 107 Å². The van der Waals surface area contributed by atoms with E-state index in [2.05, 4.69) is 4.98 Å². The summed E-state index contributed by atoms with van der Waals surface area (Å²) in [7, 11) is 0. The third kappa shape index (κ3) is 1.99. The highest BCUT2D eigenvalue weighted by molar-refractivity contribution is 7.22. The average molecular weight is 262 g/mol. The number of fused-ring (bicyclic) bond motifs is 1. The molecule has 0 aliphatic carbocycles. The van der Waals surface area contributed by atoms with Crippen LogP contribution in [0.2, 0.25) is 5.02 Å². The normalized spacial score (nSPS) is 10.9. The zero-order valence-corrected chi connectivity index (χ0v) is 10.3. The van der Waals surface area contributed by atoms with Gasteiger partial charge in [-0.25, -0.2) is 0 Å². The second kappa shape index (κ2) is 4.02. The average Bonchev–Trinajstić information content (AvgIpc) is 2.72. The van der Waals surface area contributed by atoms with Gasteiger partial charge in [0.2, 0.25) is 0 Å². The van der Waals surface area contributed by atoms with Crippen molar-refractivity contribution >= 4 is 33.2 Å². The van der Waals surface area contributed by atoms with Crippen LogP contribution in [0.25, 0.3) is 20.7 Å². The molecule has 17 heavy (non-hydrogen) atoms. The Bertz CT molecular complexity index is 675. The van der Waals surface area contributed by atoms with Crippen molar-refractivity contribution in [1.82, 2.24) is 4.98 Å². The number of benzene rings is 1. The Balaban J connectivity index is 2.14. The van der Waals surface area contributed by atoms with Crippen LogP contribution in [0.15, 0.2) is 42.6 Å². The molecule has 1 aromatic carbocycles. The summed E-state index contributed by atoms with van der Waals surface area (Å²) in [5, 5.41) is 10.1. The minimum Gasteiger partial charge on any atom is -0.506 e. The molecule has 0 radical (unpaired) electrons. The van der Waals surface area contributed by atoms with Gasteiger partial charge >= 0.3 is 0 Å². The molecule has 0 bridgehead atoms. The van der Waals surface area contributed by atoms with Crippen molar-refractivity contribution in [2.24, 2.45) is 0 Å². The van der Waals surface area contributed by atoms with Crippen molar-refractivity contribution in [3.8, 4) is 16.2 Å². The summed E-state index contributed by atoms with van der Waals surface area (Å²) in [5.41, 5.74) is 2.01. The number of hydrogen-bond acceptors (Lipinski definition) is 3. The molecule has 2 nitrogen and oxygen atoms in total. The van der Waals surface area contributed by atoms with Gasteiger partial charge in [0.1, 0.15) is 5.75 Å². The third-order valence-electron chi connectivity index (χ3n) is 2.48. The maximum Gasteiger partial charge on any atom is 0.135 e. The van der Waals surface area contributed by atoms with Gasteiger partial charge in [-0.3, -0.25) is 4.98 Å². The van der Waals surface area contributed by atoms with Gasteiger partial charge in [0.25, 0.3) is 0 Å². The lowest BCUT2D eigenvalue weighted by atomic mass is 10.2. The molecule has 0 aliphatic heterocycles. The second-order valence-electron chi connectivity index (χ2n) is 3.69. The van der Waals surface area contributed by atoms with Crippen LogP contribution >= 0.6 is 22.9 Å². The summed E-state index contributed by atoms with van der Waals surface area (Å²) < 4.78 is 0.981. The predicted octanol–water partition coefficient (Wildman–Crippen LogP) is 4.32. The fourth-order valence-corrected chi connectivity index (χ4v) is 2.85. The van der Waals surface area contributed by atoms with Gasteiger partial charge in [-0.1, -0.05) is 23.7 Å². The minimum absolute atomic E-state index is 0.196. The quantitative estimate of drug-likeness (QED) is 0.708. The van der Waals surface area contributed by atoms with Crippen LogP contribution in [0.5, 0.6) is 5.75 Å². The predicted molar refractivity (Wildman–Crippen MR) is 71.7 cm³/mol. The summed E-state index contributed by atoms with van der Waals surface area (Å²) in [6.45, 7) is 0. The molecule has 4 heteroatoms. The number of aromatic hydroxyl groups is 1. The molecule has 3 rings (SSSR count). The first-order chi connectivity index (χ1) is 8.22. The largest absolute Gasteiger partial charge is 0.506 e. The topological polar surface area (TPSA) is 33.1 Å². The number of thiophene rings is 1. The first-order valence-corrected chi connectivity index (χ1v) is 6.26. The van der Waals surface area contributed by atoms with Gasteiger partial charge in [-0.2, -0.15) is 0 Å². The van der Waals surface area contributed by atoms with E-state index in [0.29, 0.717) is 0 Å². The molecule has 2 heterocycles. The van der Waals surface area contributed by atoms with Crippen LogP contribution in [0.1, 0.15) is 0 Å². The fourth-order valence-electron chi connectivity index (χ4n) is 1.66. The van der Waals surface area contributed by atoms with Crippen molar-refractivity contribution < 1.29 is 5.11 Å². The highest BCUT2D eigenvalue weighted by atomic mass is 35.5. The van der Waals surface area contributed by atoms with E-state index in [9.17, 15) is 5.11 Å². The lowest BCUT2D eigenvalue weighted by Gasteiger charge is -1.95. The van der Waals surface area contributed by atoms with E-state index < -0.39 is 0 Å². The van der Waals surface area contributed by atoms with E-state index in [1.807, 2.05) is 30.3 Å². The van der Waals surface area contributed by atoms with E-state index in [1.54, 1.807) is 17.4 Å². The molecule has 0 saturated heterocycles. The minimum atomic E-state index is 0.196. The number of rotatable bonds is 1. The van der Waals surface area contributed by atoms with Crippen LogP contribution in [0, 0.1) is 0 Å². The molecule has 0 unspecified atom stereocenters. The Kier molecular flexibility index (Phi) is 2.50. The van der Waals surface area contributed by atoms with Gasteiger partial charge in [0.05, 0.1) is 16.4 Å². The van der Waals surface area contributed by atoms with Crippen molar-refractivity contribution in [3.63, 3.8) is 0 Å². The Morgan fingerprint density at radius 3 is 2.65 bits per heavy atom. The second-order valence-corrected chi connectivity index (χ2v) is 5.21. The van der Waals surface area contributed by atoms with Crippen LogP contribution in [-0.4, -0.2) is 10.1 Å². The Morgan fingerprint density at radius 2 is 1.88 bits per heavy atom. The summed E-state index contributed by atoms with van der Waals surface area (Å²) in [4.78, 5) is 5.30. The molecule has 3 aromatic rings. The maximum atomic E-state index is 9.37.